The van der Waals surface area contributed by atoms with Gasteiger partial charge in [0, 0.05) is 0 Å². The van der Waals surface area contributed by atoms with Crippen LogP contribution in [-0.4, -0.2) is 13.1 Å². The van der Waals surface area contributed by atoms with Crippen LogP contribution in [0, 0.1) is 12.3 Å². The van der Waals surface area contributed by atoms with Crippen LogP contribution in [0.4, 0.5) is 0 Å². The first-order valence-electron chi connectivity index (χ1n) is 9.13. The highest BCUT2D eigenvalue weighted by molar-refractivity contribution is 5.97. The third-order valence-electron chi connectivity index (χ3n) is 4.96. The van der Waals surface area contributed by atoms with Gasteiger partial charge in [-0.2, -0.15) is 0 Å². The van der Waals surface area contributed by atoms with E-state index in [1.807, 2.05) is 25.2 Å². The quantitative estimate of drug-likeness (QED) is 0.368. The molecule has 0 radical (unpaired) electrons. The Balaban J connectivity index is 2.40. The van der Waals surface area contributed by atoms with Crippen LogP contribution >= 0.6 is 0 Å². The number of carbonyl (C=O) groups is 1. The Morgan fingerprint density at radius 1 is 1.32 bits per heavy atom. The topological polar surface area (TPSA) is 26.3 Å². The van der Waals surface area contributed by atoms with E-state index in [2.05, 4.69) is 45.0 Å². The molecule has 0 saturated carbocycles. The lowest BCUT2D eigenvalue weighted by Crippen LogP contribution is -2.14. The van der Waals surface area contributed by atoms with Crippen molar-refractivity contribution in [1.82, 2.24) is 0 Å². The van der Waals surface area contributed by atoms with Crippen molar-refractivity contribution < 1.29 is 9.53 Å². The molecule has 1 aromatic rings. The molecule has 0 saturated heterocycles. The SMILES string of the molecule is CC/C=C/C(=C\c1cccc(C2=CCC(C)(C)CC2)c1C)C(=O)OC. The van der Waals surface area contributed by atoms with Crippen molar-refractivity contribution >= 4 is 17.6 Å². The van der Waals surface area contributed by atoms with Gasteiger partial charge in [0.15, 0.2) is 0 Å². The van der Waals surface area contributed by atoms with Crippen LogP contribution in [0.5, 0.6) is 0 Å². The summed E-state index contributed by atoms with van der Waals surface area (Å²) in [5, 5.41) is 0. The number of ether oxygens (including phenoxy) is 1. The molecule has 0 unspecified atom stereocenters. The molecule has 0 aliphatic heterocycles. The van der Waals surface area contributed by atoms with Crippen molar-refractivity contribution in [2.45, 2.75) is 53.4 Å². The predicted molar refractivity (Wildman–Crippen MR) is 106 cm³/mol. The maximum absolute atomic E-state index is 12.0. The first-order chi connectivity index (χ1) is 11.9. The zero-order chi connectivity index (χ0) is 18.4. The fraction of sp³-hybridized carbons (Fsp3) is 0.435. The summed E-state index contributed by atoms with van der Waals surface area (Å²) < 4.78 is 4.92. The molecule has 0 heterocycles. The Bertz CT molecular complexity index is 718. The van der Waals surface area contributed by atoms with Gasteiger partial charge in [0.1, 0.15) is 0 Å². The van der Waals surface area contributed by atoms with Gasteiger partial charge >= 0.3 is 5.97 Å². The van der Waals surface area contributed by atoms with Crippen LogP contribution in [0.25, 0.3) is 11.6 Å². The van der Waals surface area contributed by atoms with E-state index in [1.54, 1.807) is 0 Å². The van der Waals surface area contributed by atoms with Gasteiger partial charge in [0.2, 0.25) is 0 Å². The molecular weight excluding hydrogens is 308 g/mol. The third kappa shape index (κ3) is 4.94. The van der Waals surface area contributed by atoms with Gasteiger partial charge < -0.3 is 4.74 Å². The van der Waals surface area contributed by atoms with Crippen LogP contribution in [-0.2, 0) is 9.53 Å². The summed E-state index contributed by atoms with van der Waals surface area (Å²) in [5.74, 6) is -0.298. The van der Waals surface area contributed by atoms with E-state index in [0.29, 0.717) is 11.0 Å². The smallest absolute Gasteiger partial charge is 0.337 e. The zero-order valence-corrected chi connectivity index (χ0v) is 16.2. The summed E-state index contributed by atoms with van der Waals surface area (Å²) in [7, 11) is 1.42. The van der Waals surface area contributed by atoms with Gasteiger partial charge in [-0.15, -0.1) is 0 Å². The number of hydrogen-bond donors (Lipinski definition) is 0. The maximum Gasteiger partial charge on any atom is 0.337 e. The largest absolute Gasteiger partial charge is 0.465 e. The molecule has 0 amide bonds. The molecule has 1 aliphatic carbocycles. The number of methoxy groups -OCH3 is 1. The van der Waals surface area contributed by atoms with Crippen LogP contribution in [0.2, 0.25) is 0 Å². The van der Waals surface area contributed by atoms with E-state index < -0.39 is 0 Å². The van der Waals surface area contributed by atoms with E-state index in [0.717, 1.165) is 24.8 Å². The average Bonchev–Trinajstić information content (AvgIpc) is 2.59. The van der Waals surface area contributed by atoms with Crippen LogP contribution in [0.1, 0.15) is 63.1 Å². The summed E-state index contributed by atoms with van der Waals surface area (Å²) in [4.78, 5) is 12.0. The molecule has 0 aromatic heterocycles. The number of rotatable bonds is 5. The summed E-state index contributed by atoms with van der Waals surface area (Å²) in [6.45, 7) is 8.85. The molecule has 1 aromatic carbocycles. The Kier molecular flexibility index (Phi) is 6.41. The van der Waals surface area contributed by atoms with Gasteiger partial charge in [-0.3, -0.25) is 0 Å². The lowest BCUT2D eigenvalue weighted by Gasteiger charge is -2.29. The number of carbonyl (C=O) groups excluding carboxylic acids is 1. The Morgan fingerprint density at radius 2 is 2.08 bits per heavy atom. The molecule has 0 atom stereocenters. The zero-order valence-electron chi connectivity index (χ0n) is 16.2. The second-order valence-corrected chi connectivity index (χ2v) is 7.52. The molecular formula is C23H30O2. The minimum absolute atomic E-state index is 0.298. The number of hydrogen-bond acceptors (Lipinski definition) is 2. The summed E-state index contributed by atoms with van der Waals surface area (Å²) in [6.07, 6.45) is 12.5. The Hall–Kier alpha value is -2.09. The predicted octanol–water partition coefficient (Wildman–Crippen LogP) is 6.11. The molecule has 1 aliphatic rings. The van der Waals surface area contributed by atoms with Crippen molar-refractivity contribution in [3.63, 3.8) is 0 Å². The van der Waals surface area contributed by atoms with Crippen LogP contribution < -0.4 is 0 Å². The molecule has 134 valence electrons. The lowest BCUT2D eigenvalue weighted by molar-refractivity contribution is -0.135. The maximum atomic E-state index is 12.0. The van der Waals surface area contributed by atoms with Crippen molar-refractivity contribution in [1.29, 1.82) is 0 Å². The Labute approximate surface area is 152 Å². The van der Waals surface area contributed by atoms with E-state index in [-0.39, 0.29) is 5.97 Å². The fourth-order valence-electron chi connectivity index (χ4n) is 3.18. The van der Waals surface area contributed by atoms with E-state index in [9.17, 15) is 4.79 Å². The molecule has 0 spiro atoms. The van der Waals surface area contributed by atoms with Gasteiger partial charge in [0.25, 0.3) is 0 Å². The van der Waals surface area contributed by atoms with Crippen LogP contribution in [0.15, 0.2) is 42.0 Å². The molecule has 2 heteroatoms. The Morgan fingerprint density at radius 3 is 2.68 bits per heavy atom. The van der Waals surface area contributed by atoms with Gasteiger partial charge in [0.05, 0.1) is 12.7 Å². The lowest BCUT2D eigenvalue weighted by atomic mass is 9.76. The van der Waals surface area contributed by atoms with Crippen molar-refractivity contribution in [3.8, 4) is 0 Å². The average molecular weight is 338 g/mol. The van der Waals surface area contributed by atoms with Gasteiger partial charge in [-0.05, 0) is 66.4 Å². The van der Waals surface area contributed by atoms with Crippen LogP contribution in [0.3, 0.4) is 0 Å². The monoisotopic (exact) mass is 338 g/mol. The van der Waals surface area contributed by atoms with Gasteiger partial charge in [-0.1, -0.05) is 57.2 Å². The minimum atomic E-state index is -0.298. The summed E-state index contributed by atoms with van der Waals surface area (Å²) >= 11 is 0. The summed E-state index contributed by atoms with van der Waals surface area (Å²) in [5.41, 5.74) is 6.01. The molecule has 0 bridgehead atoms. The molecule has 25 heavy (non-hydrogen) atoms. The normalized spacial score (nSPS) is 17.5. The first kappa shape index (κ1) is 19.2. The molecule has 0 fully saturated rings. The number of esters is 1. The third-order valence-corrected chi connectivity index (χ3v) is 4.96. The fourth-order valence-corrected chi connectivity index (χ4v) is 3.18. The van der Waals surface area contributed by atoms with E-state index in [1.165, 1.54) is 30.2 Å². The highest BCUT2D eigenvalue weighted by atomic mass is 16.5. The number of benzene rings is 1. The first-order valence-corrected chi connectivity index (χ1v) is 9.13. The van der Waals surface area contributed by atoms with E-state index >= 15 is 0 Å². The van der Waals surface area contributed by atoms with Gasteiger partial charge in [-0.25, -0.2) is 4.79 Å². The summed E-state index contributed by atoms with van der Waals surface area (Å²) in [6, 6.07) is 6.33. The molecule has 0 N–H and O–H groups in total. The second kappa shape index (κ2) is 8.33. The van der Waals surface area contributed by atoms with Crippen molar-refractivity contribution in [2.75, 3.05) is 7.11 Å². The highest BCUT2D eigenvalue weighted by Gasteiger charge is 2.22. The van der Waals surface area contributed by atoms with Crippen molar-refractivity contribution in [3.05, 3.63) is 58.7 Å². The highest BCUT2D eigenvalue weighted by Crippen LogP contribution is 2.39. The van der Waals surface area contributed by atoms with Crippen molar-refractivity contribution in [2.24, 2.45) is 5.41 Å². The van der Waals surface area contributed by atoms with E-state index in [4.69, 9.17) is 4.74 Å². The molecule has 2 rings (SSSR count). The second-order valence-electron chi connectivity index (χ2n) is 7.52. The standard InChI is InChI=1S/C23H30O2/c1-6-7-9-20(22(24)25-5)16-19-10-8-11-21(17(19)2)18-12-14-23(3,4)15-13-18/h7-12,16H,6,13-15H2,1-5H3/b9-7+,20-16+. The molecule has 2 nitrogen and oxygen atoms in total. The number of allylic oxidation sites excluding steroid dienone is 3. The minimum Gasteiger partial charge on any atom is -0.465 e.